The molecule has 1 aliphatic heterocycles. The summed E-state index contributed by atoms with van der Waals surface area (Å²) in [6.07, 6.45) is 0. The van der Waals surface area contributed by atoms with Crippen molar-refractivity contribution in [3.8, 4) is 11.5 Å². The molecule has 2 heterocycles. The Labute approximate surface area is 171 Å². The molecule has 0 bridgehead atoms. The number of esters is 1. The molecule has 0 fully saturated rings. The summed E-state index contributed by atoms with van der Waals surface area (Å²) in [5, 5.41) is 0. The van der Waals surface area contributed by atoms with E-state index in [4.69, 9.17) is 14.2 Å². The molecule has 4 rings (SSSR count). The van der Waals surface area contributed by atoms with Crippen LogP contribution in [-0.4, -0.2) is 36.8 Å². The largest absolute Gasteiger partial charge is 0.486 e. The molecule has 0 atom stereocenters. The Morgan fingerprint density at radius 3 is 2.66 bits per heavy atom. The van der Waals surface area contributed by atoms with Gasteiger partial charge in [0.2, 0.25) is 0 Å². The summed E-state index contributed by atoms with van der Waals surface area (Å²) in [6.45, 7) is 4.89. The molecule has 3 aromatic rings. The van der Waals surface area contributed by atoms with Gasteiger partial charge in [-0.1, -0.05) is 17.4 Å². The third kappa shape index (κ3) is 3.75. The molecule has 1 aromatic heterocycles. The molecule has 0 saturated heterocycles. The Balaban J connectivity index is 1.82. The molecular weight excluding hydrogens is 392 g/mol. The molecule has 0 N–H and O–H groups in total. The monoisotopic (exact) mass is 412 g/mol. The van der Waals surface area contributed by atoms with E-state index in [1.165, 1.54) is 18.4 Å². The summed E-state index contributed by atoms with van der Waals surface area (Å²) < 4.78 is 18.6. The molecule has 1 aliphatic rings. The second kappa shape index (κ2) is 7.71. The first-order valence-corrected chi connectivity index (χ1v) is 9.94. The average Bonchev–Trinajstić information content (AvgIpc) is 3.04. The average molecular weight is 412 g/mol. The van der Waals surface area contributed by atoms with Crippen molar-refractivity contribution in [3.05, 3.63) is 51.8 Å². The van der Waals surface area contributed by atoms with Gasteiger partial charge in [-0.3, -0.25) is 9.59 Å². The first-order valence-electron chi connectivity index (χ1n) is 9.12. The summed E-state index contributed by atoms with van der Waals surface area (Å²) in [7, 11) is 1.34. The van der Waals surface area contributed by atoms with Gasteiger partial charge >= 0.3 is 5.97 Å². The van der Waals surface area contributed by atoms with Crippen molar-refractivity contribution in [2.75, 3.05) is 20.3 Å². The highest BCUT2D eigenvalue weighted by Crippen LogP contribution is 2.31. The maximum atomic E-state index is 12.9. The summed E-state index contributed by atoms with van der Waals surface area (Å²) in [5.41, 5.74) is 3.38. The Hall–Kier alpha value is -3.13. The third-order valence-corrected chi connectivity index (χ3v) is 5.64. The van der Waals surface area contributed by atoms with E-state index in [-0.39, 0.29) is 6.54 Å². The number of fused-ring (bicyclic) bond motifs is 2. The minimum absolute atomic E-state index is 0.0202. The van der Waals surface area contributed by atoms with Crippen LogP contribution >= 0.6 is 11.3 Å². The van der Waals surface area contributed by atoms with Gasteiger partial charge in [-0.2, -0.15) is 4.99 Å². The summed E-state index contributed by atoms with van der Waals surface area (Å²) >= 11 is 1.37. The second-order valence-corrected chi connectivity index (χ2v) is 7.76. The van der Waals surface area contributed by atoms with Gasteiger partial charge in [0.15, 0.2) is 16.3 Å². The molecule has 8 heteroatoms. The number of methoxy groups -OCH3 is 1. The number of amides is 1. The number of thiazole rings is 1. The van der Waals surface area contributed by atoms with Crippen LogP contribution in [0, 0.1) is 13.8 Å². The van der Waals surface area contributed by atoms with Gasteiger partial charge in [0, 0.05) is 5.56 Å². The van der Waals surface area contributed by atoms with Crippen LogP contribution in [0.2, 0.25) is 0 Å². The fourth-order valence-electron chi connectivity index (χ4n) is 3.35. The number of aryl methyl sites for hydroxylation is 2. The van der Waals surface area contributed by atoms with Crippen LogP contribution in [0.25, 0.3) is 10.2 Å². The van der Waals surface area contributed by atoms with Crippen molar-refractivity contribution in [3.63, 3.8) is 0 Å². The lowest BCUT2D eigenvalue weighted by Crippen LogP contribution is -2.23. The highest BCUT2D eigenvalue weighted by atomic mass is 32.1. The lowest BCUT2D eigenvalue weighted by atomic mass is 10.1. The third-order valence-electron chi connectivity index (χ3n) is 4.61. The number of carbonyl (C=O) groups excluding carboxylic acids is 2. The highest BCUT2D eigenvalue weighted by molar-refractivity contribution is 7.16. The first-order chi connectivity index (χ1) is 14.0. The Kier molecular flexibility index (Phi) is 5.10. The van der Waals surface area contributed by atoms with Crippen molar-refractivity contribution >= 4 is 33.4 Å². The number of hydrogen-bond acceptors (Lipinski definition) is 6. The van der Waals surface area contributed by atoms with E-state index in [9.17, 15) is 9.59 Å². The van der Waals surface area contributed by atoms with E-state index in [0.717, 1.165) is 21.3 Å². The Bertz CT molecular complexity index is 1190. The van der Waals surface area contributed by atoms with E-state index in [0.29, 0.717) is 35.1 Å². The minimum Gasteiger partial charge on any atom is -0.486 e. The van der Waals surface area contributed by atoms with E-state index < -0.39 is 11.9 Å². The lowest BCUT2D eigenvalue weighted by Gasteiger charge is -2.18. The zero-order valence-electron chi connectivity index (χ0n) is 16.4. The first kappa shape index (κ1) is 19.2. The van der Waals surface area contributed by atoms with E-state index >= 15 is 0 Å². The van der Waals surface area contributed by atoms with Gasteiger partial charge in [0.1, 0.15) is 19.8 Å². The Morgan fingerprint density at radius 2 is 1.90 bits per heavy atom. The van der Waals surface area contributed by atoms with Crippen molar-refractivity contribution in [2.24, 2.45) is 4.99 Å². The van der Waals surface area contributed by atoms with Crippen molar-refractivity contribution < 1.29 is 23.8 Å². The molecule has 29 heavy (non-hydrogen) atoms. The van der Waals surface area contributed by atoms with Crippen molar-refractivity contribution in [1.82, 2.24) is 4.57 Å². The number of rotatable bonds is 3. The summed E-state index contributed by atoms with van der Waals surface area (Å²) in [6, 6.07) is 9.06. The van der Waals surface area contributed by atoms with E-state index in [1.807, 2.05) is 26.0 Å². The standard InChI is InChI=1S/C21H20N2O5S/c1-12-8-13(2)19-17(9-12)29-21(23(19)11-18(24)26-3)22-20(25)14-4-5-15-16(10-14)28-7-6-27-15/h4-5,8-10H,6-7,11H2,1-3H3. The lowest BCUT2D eigenvalue weighted by molar-refractivity contribution is -0.141. The van der Waals surface area contributed by atoms with Gasteiger partial charge in [-0.25, -0.2) is 0 Å². The zero-order valence-corrected chi connectivity index (χ0v) is 17.2. The van der Waals surface area contributed by atoms with Crippen LogP contribution in [0.1, 0.15) is 21.5 Å². The SMILES string of the molecule is COC(=O)Cn1c(=NC(=O)c2ccc3c(c2)OCCO3)sc2cc(C)cc(C)c21. The molecule has 0 aliphatic carbocycles. The maximum absolute atomic E-state index is 12.9. The molecular formula is C21H20N2O5S. The number of ether oxygens (including phenoxy) is 3. The number of benzene rings is 2. The predicted octanol–water partition coefficient (Wildman–Crippen LogP) is 3.00. The van der Waals surface area contributed by atoms with Crippen LogP contribution in [0.3, 0.4) is 0 Å². The van der Waals surface area contributed by atoms with E-state index in [1.54, 1.807) is 22.8 Å². The number of carbonyl (C=O) groups is 2. The van der Waals surface area contributed by atoms with Crippen LogP contribution < -0.4 is 14.3 Å². The van der Waals surface area contributed by atoms with Crippen LogP contribution in [-0.2, 0) is 16.1 Å². The molecule has 0 radical (unpaired) electrons. The summed E-state index contributed by atoms with van der Waals surface area (Å²) in [5.74, 6) is 0.323. The van der Waals surface area contributed by atoms with Gasteiger partial charge in [0.05, 0.1) is 17.3 Å². The quantitative estimate of drug-likeness (QED) is 0.618. The highest BCUT2D eigenvalue weighted by Gasteiger charge is 2.17. The van der Waals surface area contributed by atoms with E-state index in [2.05, 4.69) is 4.99 Å². The molecule has 0 unspecified atom stereocenters. The van der Waals surface area contributed by atoms with Gasteiger partial charge in [0.25, 0.3) is 5.91 Å². The molecule has 0 saturated carbocycles. The predicted molar refractivity (Wildman–Crippen MR) is 109 cm³/mol. The topological polar surface area (TPSA) is 79.1 Å². The molecule has 1 amide bonds. The maximum Gasteiger partial charge on any atom is 0.325 e. The van der Waals surface area contributed by atoms with Gasteiger partial charge in [-0.15, -0.1) is 0 Å². The summed E-state index contributed by atoms with van der Waals surface area (Å²) in [4.78, 5) is 29.6. The molecule has 7 nitrogen and oxygen atoms in total. The van der Waals surface area contributed by atoms with Gasteiger partial charge in [-0.05, 0) is 49.2 Å². The molecule has 2 aromatic carbocycles. The number of nitrogens with zero attached hydrogens (tertiary/aromatic N) is 2. The number of aromatic nitrogens is 1. The fourth-order valence-corrected chi connectivity index (χ4v) is 4.55. The number of hydrogen-bond donors (Lipinski definition) is 0. The minimum atomic E-state index is -0.415. The molecule has 0 spiro atoms. The van der Waals surface area contributed by atoms with Crippen molar-refractivity contribution in [2.45, 2.75) is 20.4 Å². The van der Waals surface area contributed by atoms with Crippen LogP contribution in [0.5, 0.6) is 11.5 Å². The smallest absolute Gasteiger partial charge is 0.325 e. The van der Waals surface area contributed by atoms with Crippen LogP contribution in [0.4, 0.5) is 0 Å². The van der Waals surface area contributed by atoms with Crippen molar-refractivity contribution in [1.29, 1.82) is 0 Å². The van der Waals surface area contributed by atoms with Crippen LogP contribution in [0.15, 0.2) is 35.3 Å². The second-order valence-electron chi connectivity index (χ2n) is 6.75. The van der Waals surface area contributed by atoms with Gasteiger partial charge < -0.3 is 18.8 Å². The zero-order chi connectivity index (χ0) is 20.5. The molecule has 150 valence electrons. The Morgan fingerprint density at radius 1 is 1.14 bits per heavy atom. The normalized spacial score (nSPS) is 13.6. The fraction of sp³-hybridized carbons (Fsp3) is 0.286.